The number of hydrogen-bond donors (Lipinski definition) is 1. The number of likely N-dealkylation sites (tertiary alicyclic amines) is 1. The lowest BCUT2D eigenvalue weighted by atomic mass is 10.0. The molecular weight excluding hydrogens is 240 g/mol. The molecule has 0 saturated carbocycles. The summed E-state index contributed by atoms with van der Waals surface area (Å²) >= 11 is 0. The second-order valence-corrected chi connectivity index (χ2v) is 5.05. The van der Waals surface area contributed by atoms with Crippen molar-refractivity contribution in [3.63, 3.8) is 0 Å². The minimum absolute atomic E-state index is 0.0924. The van der Waals surface area contributed by atoms with Crippen LogP contribution in [0.15, 0.2) is 18.2 Å². The number of rotatable bonds is 3. The summed E-state index contributed by atoms with van der Waals surface area (Å²) in [6.07, 6.45) is 2.21. The molecule has 0 bridgehead atoms. The first-order chi connectivity index (χ1) is 9.15. The van der Waals surface area contributed by atoms with Crippen molar-refractivity contribution in [2.24, 2.45) is 0 Å². The van der Waals surface area contributed by atoms with Crippen LogP contribution in [0.5, 0.6) is 0 Å². The smallest absolute Gasteiger partial charge is 0.256 e. The summed E-state index contributed by atoms with van der Waals surface area (Å²) < 4.78 is 5.38. The van der Waals surface area contributed by atoms with E-state index in [-0.39, 0.29) is 12.0 Å². The fourth-order valence-corrected chi connectivity index (χ4v) is 2.54. The Morgan fingerprint density at radius 3 is 2.95 bits per heavy atom. The van der Waals surface area contributed by atoms with Crippen molar-refractivity contribution in [2.75, 3.05) is 32.6 Å². The maximum Gasteiger partial charge on any atom is 0.256 e. The fraction of sp³-hybridized carbons (Fsp3) is 0.533. The number of piperidine rings is 1. The van der Waals surface area contributed by atoms with E-state index in [9.17, 15) is 4.79 Å². The lowest BCUT2D eigenvalue weighted by molar-refractivity contribution is 0.0269. The van der Waals surface area contributed by atoms with Crippen molar-refractivity contribution in [1.29, 1.82) is 0 Å². The predicted octanol–water partition coefficient (Wildman–Crippen LogP) is 2.29. The van der Waals surface area contributed by atoms with Crippen LogP contribution in [-0.2, 0) is 4.74 Å². The Labute approximate surface area is 114 Å². The molecule has 0 radical (unpaired) electrons. The normalized spacial score (nSPS) is 19.3. The topological polar surface area (TPSA) is 41.6 Å². The maximum absolute atomic E-state index is 12.6. The van der Waals surface area contributed by atoms with Gasteiger partial charge in [-0.2, -0.15) is 0 Å². The molecule has 0 spiro atoms. The highest BCUT2D eigenvalue weighted by Gasteiger charge is 2.25. The lowest BCUT2D eigenvalue weighted by Crippen LogP contribution is -2.43. The van der Waals surface area contributed by atoms with Gasteiger partial charge in [0, 0.05) is 32.9 Å². The van der Waals surface area contributed by atoms with Gasteiger partial charge in [0.2, 0.25) is 0 Å². The summed E-state index contributed by atoms with van der Waals surface area (Å²) in [4.78, 5) is 14.5. The molecule has 1 heterocycles. The number of ether oxygens (including phenoxy) is 1. The van der Waals surface area contributed by atoms with Crippen LogP contribution in [-0.4, -0.2) is 44.2 Å². The number of anilines is 1. The standard InChI is InChI=1S/C15H22N2O2/c1-11-6-7-14(16-2)13(9-11)15(18)17-8-4-5-12(10-17)19-3/h6-7,9,12,16H,4-5,8,10H2,1-3H3. The molecule has 1 unspecified atom stereocenters. The fourth-order valence-electron chi connectivity index (χ4n) is 2.54. The molecule has 1 N–H and O–H groups in total. The number of methoxy groups -OCH3 is 1. The van der Waals surface area contributed by atoms with Crippen LogP contribution in [0.4, 0.5) is 5.69 Å². The van der Waals surface area contributed by atoms with Crippen molar-refractivity contribution < 1.29 is 9.53 Å². The average molecular weight is 262 g/mol. The Hall–Kier alpha value is -1.55. The Kier molecular flexibility index (Phi) is 4.43. The molecule has 4 heteroatoms. The minimum atomic E-state index is 0.0924. The SMILES string of the molecule is CNc1ccc(C)cc1C(=O)N1CCCC(OC)C1. The van der Waals surface area contributed by atoms with Crippen LogP contribution >= 0.6 is 0 Å². The molecule has 1 atom stereocenters. The number of carbonyl (C=O) groups is 1. The van der Waals surface area contributed by atoms with Gasteiger partial charge in [-0.1, -0.05) is 11.6 Å². The zero-order valence-corrected chi connectivity index (χ0v) is 11.9. The lowest BCUT2D eigenvalue weighted by Gasteiger charge is -2.32. The molecule has 19 heavy (non-hydrogen) atoms. The highest BCUT2D eigenvalue weighted by Crippen LogP contribution is 2.21. The average Bonchev–Trinajstić information content (AvgIpc) is 2.46. The molecule has 2 rings (SSSR count). The van der Waals surface area contributed by atoms with Crippen molar-refractivity contribution in [2.45, 2.75) is 25.9 Å². The third-order valence-corrected chi connectivity index (χ3v) is 3.67. The molecule has 1 fully saturated rings. The number of nitrogens with zero attached hydrogens (tertiary/aromatic N) is 1. The Morgan fingerprint density at radius 2 is 2.26 bits per heavy atom. The van der Waals surface area contributed by atoms with Crippen molar-refractivity contribution in [1.82, 2.24) is 4.90 Å². The largest absolute Gasteiger partial charge is 0.387 e. The summed E-state index contributed by atoms with van der Waals surface area (Å²) in [5.41, 5.74) is 2.73. The van der Waals surface area contributed by atoms with Crippen molar-refractivity contribution >= 4 is 11.6 Å². The number of carbonyl (C=O) groups excluding carboxylic acids is 1. The van der Waals surface area contributed by atoms with E-state index in [1.807, 2.05) is 37.1 Å². The summed E-state index contributed by atoms with van der Waals surface area (Å²) in [7, 11) is 3.56. The van der Waals surface area contributed by atoms with Gasteiger partial charge in [-0.3, -0.25) is 4.79 Å². The van der Waals surface area contributed by atoms with Crippen LogP contribution in [0.3, 0.4) is 0 Å². The van der Waals surface area contributed by atoms with E-state index >= 15 is 0 Å². The van der Waals surface area contributed by atoms with Crippen LogP contribution in [0, 0.1) is 6.92 Å². The van der Waals surface area contributed by atoms with Crippen LogP contribution < -0.4 is 5.32 Å². The molecule has 1 aromatic carbocycles. The van der Waals surface area contributed by atoms with E-state index in [2.05, 4.69) is 5.32 Å². The molecule has 104 valence electrons. The number of nitrogens with one attached hydrogen (secondary N) is 1. The predicted molar refractivity (Wildman–Crippen MR) is 76.7 cm³/mol. The van der Waals surface area contributed by atoms with Crippen molar-refractivity contribution in [3.05, 3.63) is 29.3 Å². The third-order valence-electron chi connectivity index (χ3n) is 3.67. The summed E-state index contributed by atoms with van der Waals surface area (Å²) in [6.45, 7) is 3.51. The zero-order chi connectivity index (χ0) is 13.8. The molecule has 4 nitrogen and oxygen atoms in total. The molecule has 0 aromatic heterocycles. The van der Waals surface area contributed by atoms with Gasteiger partial charge in [-0.25, -0.2) is 0 Å². The summed E-state index contributed by atoms with van der Waals surface area (Å²) in [5, 5.41) is 3.09. The Morgan fingerprint density at radius 1 is 1.47 bits per heavy atom. The van der Waals surface area contributed by atoms with Crippen molar-refractivity contribution in [3.8, 4) is 0 Å². The number of hydrogen-bond acceptors (Lipinski definition) is 3. The van der Waals surface area contributed by atoms with Gasteiger partial charge in [-0.05, 0) is 31.9 Å². The highest BCUT2D eigenvalue weighted by molar-refractivity contribution is 5.99. The highest BCUT2D eigenvalue weighted by atomic mass is 16.5. The second-order valence-electron chi connectivity index (χ2n) is 5.05. The van der Waals surface area contributed by atoms with Crippen LogP contribution in [0.2, 0.25) is 0 Å². The van der Waals surface area contributed by atoms with Gasteiger partial charge in [0.05, 0.1) is 11.7 Å². The number of amides is 1. The molecule has 1 aromatic rings. The van der Waals surface area contributed by atoms with Gasteiger partial charge in [0.1, 0.15) is 0 Å². The van der Waals surface area contributed by atoms with E-state index in [0.29, 0.717) is 6.54 Å². The Balaban J connectivity index is 2.21. The molecule has 1 aliphatic heterocycles. The molecule has 1 saturated heterocycles. The van der Waals surface area contributed by atoms with Gasteiger partial charge < -0.3 is 15.0 Å². The summed E-state index contributed by atoms with van der Waals surface area (Å²) in [6, 6.07) is 5.92. The molecule has 0 aliphatic carbocycles. The first kappa shape index (κ1) is 13.9. The quantitative estimate of drug-likeness (QED) is 0.908. The second kappa shape index (κ2) is 6.06. The molecule has 1 aliphatic rings. The van der Waals surface area contributed by atoms with Gasteiger partial charge in [0.15, 0.2) is 0 Å². The Bertz CT molecular complexity index is 459. The molecular formula is C15H22N2O2. The zero-order valence-electron chi connectivity index (χ0n) is 11.9. The van der Waals surface area contributed by atoms with Gasteiger partial charge in [0.25, 0.3) is 5.91 Å². The monoisotopic (exact) mass is 262 g/mol. The van der Waals surface area contributed by atoms with Crippen LogP contribution in [0.25, 0.3) is 0 Å². The van der Waals surface area contributed by atoms with E-state index in [4.69, 9.17) is 4.74 Å². The number of benzene rings is 1. The van der Waals surface area contributed by atoms with Gasteiger partial charge >= 0.3 is 0 Å². The van der Waals surface area contributed by atoms with Crippen LogP contribution in [0.1, 0.15) is 28.8 Å². The van der Waals surface area contributed by atoms with E-state index in [1.54, 1.807) is 7.11 Å². The summed E-state index contributed by atoms with van der Waals surface area (Å²) in [5.74, 6) is 0.0924. The van der Waals surface area contributed by atoms with E-state index in [1.165, 1.54) is 0 Å². The van der Waals surface area contributed by atoms with Gasteiger partial charge in [-0.15, -0.1) is 0 Å². The van der Waals surface area contributed by atoms with E-state index < -0.39 is 0 Å². The molecule has 1 amide bonds. The first-order valence-electron chi connectivity index (χ1n) is 6.76. The minimum Gasteiger partial charge on any atom is -0.387 e. The maximum atomic E-state index is 12.6. The third kappa shape index (κ3) is 3.07. The number of aryl methyl sites for hydroxylation is 1. The van der Waals surface area contributed by atoms with E-state index in [0.717, 1.165) is 36.2 Å². The first-order valence-corrected chi connectivity index (χ1v) is 6.76.